The van der Waals surface area contributed by atoms with Crippen LogP contribution in [0.1, 0.15) is 68.5 Å². The zero-order valence-corrected chi connectivity index (χ0v) is 23.3. The molecule has 4 aromatic rings. The minimum atomic E-state index is -0.570. The van der Waals surface area contributed by atoms with Crippen LogP contribution in [0.15, 0.2) is 56.8 Å². The molecular weight excluding hydrogens is 525 g/mol. The minimum absolute atomic E-state index is 0.106. The summed E-state index contributed by atoms with van der Waals surface area (Å²) in [6, 6.07) is 11.5. The van der Waals surface area contributed by atoms with Gasteiger partial charge in [0.2, 0.25) is 5.91 Å². The Kier molecular flexibility index (Phi) is 6.63. The van der Waals surface area contributed by atoms with Crippen molar-refractivity contribution >= 4 is 34.0 Å². The van der Waals surface area contributed by atoms with Gasteiger partial charge in [0, 0.05) is 31.3 Å². The van der Waals surface area contributed by atoms with Gasteiger partial charge < -0.3 is 10.6 Å². The van der Waals surface area contributed by atoms with E-state index in [4.69, 9.17) is 0 Å². The van der Waals surface area contributed by atoms with E-state index < -0.39 is 22.6 Å². The van der Waals surface area contributed by atoms with E-state index in [0.717, 1.165) is 31.2 Å². The Morgan fingerprint density at radius 3 is 2.37 bits per heavy atom. The summed E-state index contributed by atoms with van der Waals surface area (Å²) in [6.45, 7) is 2.95. The smallest absolute Gasteiger partial charge is 0.336 e. The lowest BCUT2D eigenvalue weighted by molar-refractivity contribution is -0.114. The summed E-state index contributed by atoms with van der Waals surface area (Å²) in [5, 5.41) is 5.86. The predicted molar refractivity (Wildman–Crippen MR) is 157 cm³/mol. The Bertz CT molecular complexity index is 1890. The fraction of sp³-hybridized carbons (Fsp3) is 0.355. The lowest BCUT2D eigenvalue weighted by Gasteiger charge is -2.21. The third-order valence-electron chi connectivity index (χ3n) is 8.25. The fourth-order valence-corrected chi connectivity index (χ4v) is 6.05. The average Bonchev–Trinajstić information content (AvgIpc) is 3.61. The number of nitrogens with one attached hydrogen (secondary N) is 2. The van der Waals surface area contributed by atoms with Gasteiger partial charge in [-0.2, -0.15) is 0 Å². The maximum Gasteiger partial charge on any atom is 0.336 e. The van der Waals surface area contributed by atoms with Gasteiger partial charge in [0.15, 0.2) is 0 Å². The molecule has 41 heavy (non-hydrogen) atoms. The highest BCUT2D eigenvalue weighted by Gasteiger charge is 2.32. The topological polar surface area (TPSA) is 107 Å². The predicted octanol–water partition coefficient (Wildman–Crippen LogP) is 4.99. The number of amides is 1. The van der Waals surface area contributed by atoms with Gasteiger partial charge in [-0.25, -0.2) is 9.18 Å². The van der Waals surface area contributed by atoms with Gasteiger partial charge in [-0.05, 0) is 74.4 Å². The summed E-state index contributed by atoms with van der Waals surface area (Å²) in [5.41, 5.74) is 0.728. The van der Waals surface area contributed by atoms with Gasteiger partial charge >= 0.3 is 5.69 Å². The number of carbonyl (C=O) groups is 1. The summed E-state index contributed by atoms with van der Waals surface area (Å²) in [6.07, 6.45) is 5.68. The summed E-state index contributed by atoms with van der Waals surface area (Å²) in [4.78, 5) is 53.1. The first-order valence-corrected chi connectivity index (χ1v) is 14.0. The molecule has 0 atom stereocenters. The van der Waals surface area contributed by atoms with Crippen LogP contribution < -0.4 is 27.4 Å². The van der Waals surface area contributed by atoms with Crippen LogP contribution in [0.2, 0.25) is 0 Å². The first-order valence-electron chi connectivity index (χ1n) is 14.0. The lowest BCUT2D eigenvalue weighted by Crippen LogP contribution is -2.41. The third kappa shape index (κ3) is 4.67. The molecular formula is C31H32FN5O4. The molecule has 2 aliphatic carbocycles. The van der Waals surface area contributed by atoms with Crippen molar-refractivity contribution in [1.82, 2.24) is 13.7 Å². The molecule has 9 nitrogen and oxygen atoms in total. The van der Waals surface area contributed by atoms with Crippen molar-refractivity contribution in [3.05, 3.63) is 90.6 Å². The number of aromatic nitrogens is 3. The Balaban J connectivity index is 1.61. The van der Waals surface area contributed by atoms with Gasteiger partial charge in [0.05, 0.1) is 16.9 Å². The molecule has 2 fully saturated rings. The second kappa shape index (κ2) is 10.2. The van der Waals surface area contributed by atoms with Crippen molar-refractivity contribution in [2.45, 2.75) is 64.3 Å². The van der Waals surface area contributed by atoms with Crippen molar-refractivity contribution in [2.24, 2.45) is 7.05 Å². The molecule has 6 rings (SSSR count). The van der Waals surface area contributed by atoms with Crippen LogP contribution in [-0.2, 0) is 11.8 Å². The number of nitrogens with zero attached hydrogens (tertiary/aromatic N) is 3. The summed E-state index contributed by atoms with van der Waals surface area (Å²) in [7, 11) is 1.52. The van der Waals surface area contributed by atoms with Crippen molar-refractivity contribution in [3.63, 3.8) is 0 Å². The van der Waals surface area contributed by atoms with Gasteiger partial charge in [0.25, 0.3) is 11.1 Å². The van der Waals surface area contributed by atoms with Gasteiger partial charge in [-0.1, -0.05) is 25.0 Å². The molecule has 0 spiro atoms. The normalized spacial score (nSPS) is 15.4. The van der Waals surface area contributed by atoms with Crippen LogP contribution >= 0.6 is 0 Å². The molecule has 0 saturated heterocycles. The van der Waals surface area contributed by atoms with Gasteiger partial charge in [-0.15, -0.1) is 0 Å². The molecule has 0 radical (unpaired) electrons. The maximum atomic E-state index is 15.5. The Morgan fingerprint density at radius 2 is 1.71 bits per heavy atom. The van der Waals surface area contributed by atoms with Crippen molar-refractivity contribution in [1.29, 1.82) is 0 Å². The molecule has 0 aliphatic heterocycles. The van der Waals surface area contributed by atoms with Crippen LogP contribution in [0.3, 0.4) is 0 Å². The third-order valence-corrected chi connectivity index (χ3v) is 8.25. The lowest BCUT2D eigenvalue weighted by atomic mass is 9.97. The van der Waals surface area contributed by atoms with Crippen LogP contribution in [0, 0.1) is 12.7 Å². The monoisotopic (exact) mass is 557 g/mol. The average molecular weight is 558 g/mol. The van der Waals surface area contributed by atoms with Gasteiger partial charge in [-0.3, -0.25) is 28.1 Å². The second-order valence-corrected chi connectivity index (χ2v) is 11.2. The summed E-state index contributed by atoms with van der Waals surface area (Å²) in [5.74, 6) is -0.319. The van der Waals surface area contributed by atoms with Crippen molar-refractivity contribution in [2.75, 3.05) is 10.6 Å². The standard InChI is InChI=1S/C31H32FN5O4/c1-17-27-26(28(35(3)29(17)39)34-25-14-11-20(15-24(25)32)19-7-4-5-8-19)30(40)37(22-12-13-22)31(41)36(27)23-10-6-9-21(16-23)33-18(2)38/h6,9-11,14-16,19,22,34H,4-5,7-8,12-13H2,1-3H3,(H,33,38). The van der Waals surface area contributed by atoms with Gasteiger partial charge in [0.1, 0.15) is 17.0 Å². The number of hydrogen-bond acceptors (Lipinski definition) is 5. The molecule has 2 aromatic heterocycles. The Labute approximate surface area is 235 Å². The van der Waals surface area contributed by atoms with E-state index in [2.05, 4.69) is 10.6 Å². The van der Waals surface area contributed by atoms with E-state index in [1.165, 1.54) is 33.7 Å². The zero-order valence-electron chi connectivity index (χ0n) is 23.3. The molecule has 212 valence electrons. The number of benzene rings is 2. The largest absolute Gasteiger partial charge is 0.338 e. The molecule has 0 bridgehead atoms. The minimum Gasteiger partial charge on any atom is -0.338 e. The van der Waals surface area contributed by atoms with E-state index in [0.29, 0.717) is 30.1 Å². The number of aryl methyl sites for hydroxylation is 1. The highest BCUT2D eigenvalue weighted by Crippen LogP contribution is 2.37. The number of fused-ring (bicyclic) bond motifs is 1. The highest BCUT2D eigenvalue weighted by molar-refractivity contribution is 5.94. The summed E-state index contributed by atoms with van der Waals surface area (Å²) >= 11 is 0. The van der Waals surface area contributed by atoms with Crippen LogP contribution in [0.5, 0.6) is 0 Å². The maximum absolute atomic E-state index is 15.5. The molecule has 2 aliphatic rings. The number of halogens is 1. The first-order chi connectivity index (χ1) is 19.7. The number of carbonyl (C=O) groups excluding carboxylic acids is 1. The molecule has 10 heteroatoms. The second-order valence-electron chi connectivity index (χ2n) is 11.2. The number of pyridine rings is 1. The Morgan fingerprint density at radius 1 is 0.976 bits per heavy atom. The zero-order chi connectivity index (χ0) is 29.0. The Hall–Kier alpha value is -4.47. The first kappa shape index (κ1) is 26.7. The van der Waals surface area contributed by atoms with E-state index in [1.807, 2.05) is 6.07 Å². The van der Waals surface area contributed by atoms with E-state index in [-0.39, 0.29) is 39.9 Å². The van der Waals surface area contributed by atoms with E-state index in [9.17, 15) is 19.2 Å². The quantitative estimate of drug-likeness (QED) is 0.347. The van der Waals surface area contributed by atoms with Crippen molar-refractivity contribution in [3.8, 4) is 5.69 Å². The SMILES string of the molecule is CC(=O)Nc1cccc(-n2c(=O)n(C3CC3)c(=O)c3c(Nc4ccc(C5CCCC5)cc4F)n(C)c(=O)c(C)c32)c1. The number of anilines is 3. The van der Waals surface area contributed by atoms with Crippen LogP contribution in [0.4, 0.5) is 21.6 Å². The molecule has 2 heterocycles. The van der Waals surface area contributed by atoms with Crippen LogP contribution in [0.25, 0.3) is 16.6 Å². The van der Waals surface area contributed by atoms with E-state index in [1.54, 1.807) is 37.3 Å². The molecule has 2 saturated carbocycles. The summed E-state index contributed by atoms with van der Waals surface area (Å²) < 4.78 is 19.3. The molecule has 2 N–H and O–H groups in total. The molecule has 0 unspecified atom stereocenters. The molecule has 1 amide bonds. The van der Waals surface area contributed by atoms with Crippen LogP contribution in [-0.4, -0.2) is 19.6 Å². The highest BCUT2D eigenvalue weighted by atomic mass is 19.1. The number of rotatable bonds is 6. The fourth-order valence-electron chi connectivity index (χ4n) is 6.05. The van der Waals surface area contributed by atoms with E-state index >= 15 is 4.39 Å². The van der Waals surface area contributed by atoms with Crippen molar-refractivity contribution < 1.29 is 9.18 Å². The molecule has 2 aromatic carbocycles. The number of hydrogen-bond donors (Lipinski definition) is 2.